The van der Waals surface area contributed by atoms with Crippen LogP contribution >= 0.6 is 0 Å². The predicted molar refractivity (Wildman–Crippen MR) is 68.8 cm³/mol. The van der Waals surface area contributed by atoms with Crippen LogP contribution in [0.1, 0.15) is 38.5 Å². The third-order valence-electron chi connectivity index (χ3n) is 3.54. The van der Waals surface area contributed by atoms with Gasteiger partial charge in [0, 0.05) is 26.4 Å². The monoisotopic (exact) mass is 258 g/mol. The third-order valence-corrected chi connectivity index (χ3v) is 3.54. The van der Waals surface area contributed by atoms with Crippen molar-refractivity contribution in [3.63, 3.8) is 0 Å². The van der Waals surface area contributed by atoms with Crippen molar-refractivity contribution in [2.75, 3.05) is 39.6 Å². The van der Waals surface area contributed by atoms with Crippen LogP contribution < -0.4 is 0 Å². The lowest BCUT2D eigenvalue weighted by Crippen LogP contribution is -2.35. The SMILES string of the molecule is C1COCCOCCCOC2CCCCC2OC1. The summed E-state index contributed by atoms with van der Waals surface area (Å²) in [4.78, 5) is 0. The quantitative estimate of drug-likeness (QED) is 0.667. The highest BCUT2D eigenvalue weighted by Gasteiger charge is 2.26. The summed E-state index contributed by atoms with van der Waals surface area (Å²) in [5, 5.41) is 0. The summed E-state index contributed by atoms with van der Waals surface area (Å²) in [6.45, 7) is 4.47. The van der Waals surface area contributed by atoms with Crippen LogP contribution in [0.3, 0.4) is 0 Å². The molecule has 0 radical (unpaired) electrons. The third kappa shape index (κ3) is 5.22. The van der Waals surface area contributed by atoms with Gasteiger partial charge in [-0.15, -0.1) is 0 Å². The zero-order valence-corrected chi connectivity index (χ0v) is 11.3. The Morgan fingerprint density at radius 1 is 0.500 bits per heavy atom. The van der Waals surface area contributed by atoms with E-state index in [4.69, 9.17) is 18.9 Å². The van der Waals surface area contributed by atoms with Crippen LogP contribution in [-0.4, -0.2) is 51.8 Å². The Morgan fingerprint density at radius 2 is 1.00 bits per heavy atom. The van der Waals surface area contributed by atoms with Crippen molar-refractivity contribution in [1.29, 1.82) is 0 Å². The van der Waals surface area contributed by atoms with E-state index in [1.54, 1.807) is 0 Å². The second-order valence-electron chi connectivity index (χ2n) is 5.03. The molecule has 0 bridgehead atoms. The summed E-state index contributed by atoms with van der Waals surface area (Å²) in [7, 11) is 0. The lowest BCUT2D eigenvalue weighted by atomic mass is 9.94. The van der Waals surface area contributed by atoms with E-state index in [0.29, 0.717) is 25.4 Å². The van der Waals surface area contributed by atoms with Crippen LogP contribution in [0.5, 0.6) is 0 Å². The molecular formula is C14H26O4. The van der Waals surface area contributed by atoms with Gasteiger partial charge in [0.25, 0.3) is 0 Å². The number of hydrogen-bond acceptors (Lipinski definition) is 4. The molecule has 1 saturated carbocycles. The number of rotatable bonds is 0. The van der Waals surface area contributed by atoms with E-state index < -0.39 is 0 Å². The Hall–Kier alpha value is -0.160. The minimum Gasteiger partial charge on any atom is -0.379 e. The molecule has 0 aromatic carbocycles. The molecule has 0 spiro atoms. The van der Waals surface area contributed by atoms with Gasteiger partial charge in [0.1, 0.15) is 0 Å². The molecule has 2 unspecified atom stereocenters. The highest BCUT2D eigenvalue weighted by atomic mass is 16.5. The van der Waals surface area contributed by atoms with E-state index in [9.17, 15) is 0 Å². The molecule has 0 N–H and O–H groups in total. The lowest BCUT2D eigenvalue weighted by molar-refractivity contribution is -0.100. The fourth-order valence-corrected chi connectivity index (χ4v) is 2.56. The second-order valence-corrected chi connectivity index (χ2v) is 5.03. The van der Waals surface area contributed by atoms with Crippen molar-refractivity contribution in [3.8, 4) is 0 Å². The van der Waals surface area contributed by atoms with Crippen LogP contribution in [0.2, 0.25) is 0 Å². The Bertz CT molecular complexity index is 188. The highest BCUT2D eigenvalue weighted by Crippen LogP contribution is 2.24. The van der Waals surface area contributed by atoms with Crippen molar-refractivity contribution in [2.45, 2.75) is 50.7 Å². The van der Waals surface area contributed by atoms with Crippen LogP contribution in [0.4, 0.5) is 0 Å². The summed E-state index contributed by atoms with van der Waals surface area (Å²) >= 11 is 0. The van der Waals surface area contributed by atoms with E-state index in [1.165, 1.54) is 12.8 Å². The number of ether oxygens (including phenoxy) is 4. The van der Waals surface area contributed by atoms with Gasteiger partial charge >= 0.3 is 0 Å². The zero-order valence-electron chi connectivity index (χ0n) is 11.3. The maximum atomic E-state index is 5.95. The van der Waals surface area contributed by atoms with E-state index >= 15 is 0 Å². The van der Waals surface area contributed by atoms with Crippen molar-refractivity contribution in [3.05, 3.63) is 0 Å². The van der Waals surface area contributed by atoms with E-state index in [2.05, 4.69) is 0 Å². The fraction of sp³-hybridized carbons (Fsp3) is 1.00. The minimum absolute atomic E-state index is 0.294. The molecule has 106 valence electrons. The number of hydrogen-bond donors (Lipinski definition) is 0. The first-order chi connectivity index (χ1) is 8.97. The van der Waals surface area contributed by atoms with Crippen molar-refractivity contribution in [2.24, 2.45) is 0 Å². The van der Waals surface area contributed by atoms with Crippen molar-refractivity contribution >= 4 is 0 Å². The Labute approximate surface area is 110 Å². The normalized spacial score (nSPS) is 33.3. The average Bonchev–Trinajstić information content (AvgIpc) is 2.41. The van der Waals surface area contributed by atoms with Gasteiger partial charge in [-0.2, -0.15) is 0 Å². The highest BCUT2D eigenvalue weighted by molar-refractivity contribution is 4.76. The van der Waals surface area contributed by atoms with Crippen LogP contribution in [0.25, 0.3) is 0 Å². The first-order valence-electron chi connectivity index (χ1n) is 7.35. The molecule has 18 heavy (non-hydrogen) atoms. The summed E-state index contributed by atoms with van der Waals surface area (Å²) in [6, 6.07) is 0. The average molecular weight is 258 g/mol. The van der Waals surface area contributed by atoms with Gasteiger partial charge in [-0.25, -0.2) is 0 Å². The molecule has 4 heteroatoms. The summed E-state index contributed by atoms with van der Waals surface area (Å²) in [6.07, 6.45) is 7.33. The van der Waals surface area contributed by atoms with E-state index in [1.807, 2.05) is 0 Å². The summed E-state index contributed by atoms with van der Waals surface area (Å²) in [5.74, 6) is 0. The largest absolute Gasteiger partial charge is 0.379 e. The van der Waals surface area contributed by atoms with Crippen molar-refractivity contribution in [1.82, 2.24) is 0 Å². The topological polar surface area (TPSA) is 36.9 Å². The Kier molecular flexibility index (Phi) is 7.01. The molecular weight excluding hydrogens is 232 g/mol. The lowest BCUT2D eigenvalue weighted by Gasteiger charge is -2.31. The molecule has 2 fully saturated rings. The molecule has 0 amide bonds. The van der Waals surface area contributed by atoms with Gasteiger partial charge < -0.3 is 18.9 Å². The molecule has 1 aliphatic heterocycles. The Balaban J connectivity index is 1.75. The molecule has 1 aliphatic carbocycles. The van der Waals surface area contributed by atoms with Gasteiger partial charge in [-0.05, 0) is 25.7 Å². The zero-order chi connectivity index (χ0) is 12.5. The summed E-state index contributed by atoms with van der Waals surface area (Å²) < 4.78 is 22.9. The molecule has 0 aromatic heterocycles. The Morgan fingerprint density at radius 3 is 1.50 bits per heavy atom. The van der Waals surface area contributed by atoms with Crippen LogP contribution in [0, 0.1) is 0 Å². The van der Waals surface area contributed by atoms with Crippen molar-refractivity contribution < 1.29 is 18.9 Å². The first-order valence-corrected chi connectivity index (χ1v) is 7.35. The van der Waals surface area contributed by atoms with Gasteiger partial charge in [-0.3, -0.25) is 0 Å². The van der Waals surface area contributed by atoms with Crippen LogP contribution in [-0.2, 0) is 18.9 Å². The maximum absolute atomic E-state index is 5.95. The van der Waals surface area contributed by atoms with Crippen LogP contribution in [0.15, 0.2) is 0 Å². The van der Waals surface area contributed by atoms with Gasteiger partial charge in [-0.1, -0.05) is 12.8 Å². The standard InChI is InChI=1S/C14H26O4/c1-2-6-14-13(5-1)17-9-3-7-15-11-12-16-8-4-10-18-14/h13-14H,1-12H2. The molecule has 1 heterocycles. The summed E-state index contributed by atoms with van der Waals surface area (Å²) in [5.41, 5.74) is 0. The molecule has 2 aliphatic rings. The first kappa shape index (κ1) is 14.3. The second kappa shape index (κ2) is 8.86. The maximum Gasteiger partial charge on any atom is 0.0836 e. The molecule has 1 saturated heterocycles. The van der Waals surface area contributed by atoms with E-state index in [0.717, 1.165) is 52.1 Å². The minimum atomic E-state index is 0.294. The predicted octanol–water partition coefficient (Wildman–Crippen LogP) is 2.16. The smallest absolute Gasteiger partial charge is 0.0836 e. The molecule has 2 rings (SSSR count). The van der Waals surface area contributed by atoms with Gasteiger partial charge in [0.05, 0.1) is 25.4 Å². The number of fused-ring (bicyclic) bond motifs is 1. The molecule has 0 aromatic rings. The molecule has 2 atom stereocenters. The van der Waals surface area contributed by atoms with E-state index in [-0.39, 0.29) is 0 Å². The van der Waals surface area contributed by atoms with Gasteiger partial charge in [0.2, 0.25) is 0 Å². The fourth-order valence-electron chi connectivity index (χ4n) is 2.56. The van der Waals surface area contributed by atoms with Gasteiger partial charge in [0.15, 0.2) is 0 Å². The molecule has 4 nitrogen and oxygen atoms in total.